The van der Waals surface area contributed by atoms with E-state index in [4.69, 9.17) is 0 Å². The largest absolute Gasteiger partial charge is 0.292 e. The van der Waals surface area contributed by atoms with Crippen LogP contribution in [0.3, 0.4) is 0 Å². The molecule has 2 N–H and O–H groups in total. The van der Waals surface area contributed by atoms with Crippen molar-refractivity contribution in [2.45, 2.75) is 12.1 Å². The van der Waals surface area contributed by atoms with Crippen LogP contribution in [-0.4, -0.2) is 35.2 Å². The molecule has 0 fully saturated rings. The molecule has 0 aliphatic heterocycles. The first kappa shape index (κ1) is 14.6. The molecule has 24 heavy (non-hydrogen) atoms. The molecule has 118 valence electrons. The fourth-order valence-electron chi connectivity index (χ4n) is 3.11. The van der Waals surface area contributed by atoms with E-state index in [1.165, 1.54) is 0 Å². The molecule has 0 saturated heterocycles. The summed E-state index contributed by atoms with van der Waals surface area (Å²) in [5.41, 5.74) is 6.52. The molecule has 0 bridgehead atoms. The number of carbonyl (C=O) groups is 4. The summed E-state index contributed by atoms with van der Waals surface area (Å²) < 4.78 is 0. The van der Waals surface area contributed by atoms with Crippen LogP contribution in [0, 0.1) is 0 Å². The average molecular weight is 320 g/mol. The van der Waals surface area contributed by atoms with Gasteiger partial charge in [0.2, 0.25) is 0 Å². The maximum Gasteiger partial charge on any atom is 0.189 e. The standard InChI is InChI=1S/C18H12N2O4/c21-15-9-5-1-2-6-10(9)16(22)13(15)19-20-14-17(23)11-7-3-4-8-12(11)18(14)24/h1-8,13-14,19-20H. The van der Waals surface area contributed by atoms with E-state index in [0.29, 0.717) is 22.3 Å². The summed E-state index contributed by atoms with van der Waals surface area (Å²) in [7, 11) is 0. The second-order valence-corrected chi connectivity index (χ2v) is 5.70. The lowest BCUT2D eigenvalue weighted by Gasteiger charge is -2.14. The zero-order chi connectivity index (χ0) is 16.8. The number of Topliss-reactive ketones (excluding diaryl/α,β-unsaturated/α-hetero) is 4. The van der Waals surface area contributed by atoms with Crippen LogP contribution in [0.2, 0.25) is 0 Å². The molecule has 6 heteroatoms. The van der Waals surface area contributed by atoms with Crippen LogP contribution in [0.15, 0.2) is 48.5 Å². The number of hydrogen-bond donors (Lipinski definition) is 2. The number of fused-ring (bicyclic) bond motifs is 2. The molecular formula is C18H12N2O4. The second-order valence-electron chi connectivity index (χ2n) is 5.70. The van der Waals surface area contributed by atoms with Crippen molar-refractivity contribution in [2.24, 2.45) is 0 Å². The number of hydrazine groups is 1. The van der Waals surface area contributed by atoms with Crippen LogP contribution in [0.25, 0.3) is 0 Å². The minimum absolute atomic E-state index is 0.342. The highest BCUT2D eigenvalue weighted by molar-refractivity contribution is 6.30. The minimum Gasteiger partial charge on any atom is -0.292 e. The van der Waals surface area contributed by atoms with Crippen molar-refractivity contribution in [3.8, 4) is 0 Å². The van der Waals surface area contributed by atoms with Crippen LogP contribution in [0.5, 0.6) is 0 Å². The van der Waals surface area contributed by atoms with Gasteiger partial charge in [-0.1, -0.05) is 48.5 Å². The average Bonchev–Trinajstić information content (AvgIpc) is 3.00. The summed E-state index contributed by atoms with van der Waals surface area (Å²) in [4.78, 5) is 49.2. The molecule has 0 spiro atoms. The summed E-state index contributed by atoms with van der Waals surface area (Å²) in [5, 5.41) is 0. The van der Waals surface area contributed by atoms with Gasteiger partial charge in [-0.15, -0.1) is 0 Å². The second kappa shape index (κ2) is 5.30. The van der Waals surface area contributed by atoms with Gasteiger partial charge in [0.05, 0.1) is 0 Å². The molecule has 0 heterocycles. The predicted molar refractivity (Wildman–Crippen MR) is 84.1 cm³/mol. The van der Waals surface area contributed by atoms with Gasteiger partial charge in [0.25, 0.3) is 0 Å². The first-order chi connectivity index (χ1) is 11.6. The molecule has 0 radical (unpaired) electrons. The fraction of sp³-hybridized carbons (Fsp3) is 0.111. The lowest BCUT2D eigenvalue weighted by Crippen LogP contribution is -2.54. The van der Waals surface area contributed by atoms with E-state index in [2.05, 4.69) is 10.9 Å². The van der Waals surface area contributed by atoms with Crippen LogP contribution in [0.1, 0.15) is 41.4 Å². The highest BCUT2D eigenvalue weighted by Crippen LogP contribution is 2.23. The van der Waals surface area contributed by atoms with Gasteiger partial charge in [-0.05, 0) is 0 Å². The van der Waals surface area contributed by atoms with E-state index in [9.17, 15) is 19.2 Å². The Bertz CT molecular complexity index is 773. The number of hydrogen-bond acceptors (Lipinski definition) is 6. The van der Waals surface area contributed by atoms with Gasteiger partial charge in [-0.2, -0.15) is 0 Å². The Morgan fingerprint density at radius 3 is 1.00 bits per heavy atom. The molecule has 2 aromatic rings. The molecule has 0 aromatic heterocycles. The predicted octanol–water partition coefficient (Wildman–Crippen LogP) is 0.976. The molecule has 0 amide bonds. The summed E-state index contributed by atoms with van der Waals surface area (Å²) in [5.74, 6) is -1.51. The Kier molecular flexibility index (Phi) is 3.23. The number of benzene rings is 2. The van der Waals surface area contributed by atoms with Crippen molar-refractivity contribution in [1.29, 1.82) is 0 Å². The third kappa shape index (κ3) is 1.97. The molecule has 0 atom stereocenters. The van der Waals surface area contributed by atoms with Crippen molar-refractivity contribution in [3.05, 3.63) is 70.8 Å². The van der Waals surface area contributed by atoms with Crippen molar-refractivity contribution < 1.29 is 19.2 Å². The van der Waals surface area contributed by atoms with Gasteiger partial charge in [-0.25, -0.2) is 10.9 Å². The molecule has 2 aliphatic rings. The van der Waals surface area contributed by atoms with Gasteiger partial charge in [-0.3, -0.25) is 19.2 Å². The summed E-state index contributed by atoms with van der Waals surface area (Å²) in [6.07, 6.45) is 0. The van der Waals surface area contributed by atoms with Crippen molar-refractivity contribution in [2.75, 3.05) is 0 Å². The number of carbonyl (C=O) groups excluding carboxylic acids is 4. The SMILES string of the molecule is O=C1c2ccccc2C(=O)C1NNC1C(=O)c2ccccc2C1=O. The van der Waals surface area contributed by atoms with E-state index < -0.39 is 12.1 Å². The summed E-state index contributed by atoms with van der Waals surface area (Å²) >= 11 is 0. The molecule has 0 unspecified atom stereocenters. The van der Waals surface area contributed by atoms with E-state index in [-0.39, 0.29) is 23.1 Å². The first-order valence-corrected chi connectivity index (χ1v) is 7.45. The van der Waals surface area contributed by atoms with Gasteiger partial charge in [0.15, 0.2) is 23.1 Å². The molecule has 0 saturated carbocycles. The molecule has 2 aliphatic carbocycles. The summed E-state index contributed by atoms with van der Waals surface area (Å²) in [6.45, 7) is 0. The van der Waals surface area contributed by atoms with Crippen LogP contribution in [-0.2, 0) is 0 Å². The monoisotopic (exact) mass is 320 g/mol. The van der Waals surface area contributed by atoms with Crippen molar-refractivity contribution in [1.82, 2.24) is 10.9 Å². The van der Waals surface area contributed by atoms with Crippen molar-refractivity contribution in [3.63, 3.8) is 0 Å². The normalized spacial score (nSPS) is 17.5. The smallest absolute Gasteiger partial charge is 0.189 e. The van der Waals surface area contributed by atoms with Gasteiger partial charge in [0.1, 0.15) is 12.1 Å². The highest BCUT2D eigenvalue weighted by atomic mass is 16.2. The van der Waals surface area contributed by atoms with Crippen LogP contribution in [0.4, 0.5) is 0 Å². The van der Waals surface area contributed by atoms with Crippen molar-refractivity contribution >= 4 is 23.1 Å². The summed E-state index contributed by atoms with van der Waals surface area (Å²) in [6, 6.07) is 10.8. The third-order valence-electron chi connectivity index (χ3n) is 4.34. The Hall–Kier alpha value is -2.96. The molecule has 2 aromatic carbocycles. The Morgan fingerprint density at radius 1 is 0.500 bits per heavy atom. The van der Waals surface area contributed by atoms with Crippen LogP contribution < -0.4 is 10.9 Å². The minimum atomic E-state index is -1.13. The number of nitrogens with one attached hydrogen (secondary N) is 2. The maximum absolute atomic E-state index is 12.3. The maximum atomic E-state index is 12.3. The van der Waals surface area contributed by atoms with E-state index >= 15 is 0 Å². The van der Waals surface area contributed by atoms with Gasteiger partial charge >= 0.3 is 0 Å². The lowest BCUT2D eigenvalue weighted by molar-refractivity contribution is 0.0793. The van der Waals surface area contributed by atoms with Crippen LogP contribution >= 0.6 is 0 Å². The molecule has 4 rings (SSSR count). The Balaban J connectivity index is 1.53. The zero-order valence-electron chi connectivity index (χ0n) is 12.4. The quantitative estimate of drug-likeness (QED) is 0.647. The molecule has 6 nitrogen and oxygen atoms in total. The topological polar surface area (TPSA) is 92.3 Å². The lowest BCUT2D eigenvalue weighted by atomic mass is 10.1. The zero-order valence-corrected chi connectivity index (χ0v) is 12.4. The van der Waals surface area contributed by atoms with Gasteiger partial charge in [0, 0.05) is 22.3 Å². The number of ketones is 4. The van der Waals surface area contributed by atoms with Gasteiger partial charge < -0.3 is 0 Å². The molecular weight excluding hydrogens is 308 g/mol. The van der Waals surface area contributed by atoms with E-state index in [1.54, 1.807) is 48.5 Å². The van der Waals surface area contributed by atoms with E-state index in [1.807, 2.05) is 0 Å². The number of rotatable bonds is 3. The fourth-order valence-corrected chi connectivity index (χ4v) is 3.11. The van der Waals surface area contributed by atoms with E-state index in [0.717, 1.165) is 0 Å². The Morgan fingerprint density at radius 2 is 0.750 bits per heavy atom. The highest BCUT2D eigenvalue weighted by Gasteiger charge is 2.42. The Labute approximate surface area is 136 Å². The first-order valence-electron chi connectivity index (χ1n) is 7.45. The third-order valence-corrected chi connectivity index (χ3v) is 4.34.